The van der Waals surface area contributed by atoms with Crippen LogP contribution in [0.2, 0.25) is 0 Å². The van der Waals surface area contributed by atoms with E-state index in [2.05, 4.69) is 6.92 Å². The van der Waals surface area contributed by atoms with Crippen molar-refractivity contribution in [2.45, 2.75) is 126 Å². The molecule has 0 saturated carbocycles. The van der Waals surface area contributed by atoms with E-state index in [1.165, 1.54) is 44.9 Å². The molecule has 36 heavy (non-hydrogen) atoms. The second-order valence-corrected chi connectivity index (χ2v) is 9.57. The largest absolute Gasteiger partial charge is 0.394 e. The van der Waals surface area contributed by atoms with Crippen molar-refractivity contribution in [2.75, 3.05) is 19.8 Å². The van der Waals surface area contributed by atoms with E-state index in [1.54, 1.807) is 0 Å². The highest BCUT2D eigenvalue weighted by Crippen LogP contribution is 2.29. The fourth-order valence-electron chi connectivity index (χ4n) is 4.43. The molecule has 0 radical (unpaired) electrons. The number of hydrogen-bond acceptors (Lipinski definition) is 11. The van der Waals surface area contributed by atoms with E-state index in [9.17, 15) is 35.7 Å². The van der Waals surface area contributed by atoms with Crippen LogP contribution in [-0.2, 0) is 18.9 Å². The monoisotopic (exact) mass is 522 g/mol. The molecule has 11 nitrogen and oxygen atoms in total. The van der Waals surface area contributed by atoms with Gasteiger partial charge in [-0.25, -0.2) is 0 Å². The van der Waals surface area contributed by atoms with E-state index in [1.807, 2.05) is 12.2 Å². The molecule has 0 spiro atoms. The zero-order valence-electron chi connectivity index (χ0n) is 21.2. The minimum atomic E-state index is -1.70. The summed E-state index contributed by atoms with van der Waals surface area (Å²) in [5.74, 6) is 0. The molecule has 0 aromatic heterocycles. The maximum Gasteiger partial charge on any atom is 0.187 e. The lowest BCUT2D eigenvalue weighted by molar-refractivity contribution is -0.358. The first-order chi connectivity index (χ1) is 17.3. The molecule has 0 amide bonds. The van der Waals surface area contributed by atoms with Crippen LogP contribution in [0, 0.1) is 0 Å². The lowest BCUT2D eigenvalue weighted by Gasteiger charge is -2.45. The molecule has 0 aliphatic carbocycles. The first kappa shape index (κ1) is 31.5. The first-order valence-electron chi connectivity index (χ1n) is 13.2. The van der Waals surface area contributed by atoms with Crippen LogP contribution < -0.4 is 0 Å². The Balaban J connectivity index is 1.75. The first-order valence-corrected chi connectivity index (χ1v) is 13.2. The van der Waals surface area contributed by atoms with Gasteiger partial charge in [-0.2, -0.15) is 0 Å². The Hall–Kier alpha value is -0.700. The highest BCUT2D eigenvalue weighted by molar-refractivity contribution is 4.94. The van der Waals surface area contributed by atoms with Crippen LogP contribution in [0.25, 0.3) is 0 Å². The summed E-state index contributed by atoms with van der Waals surface area (Å²) >= 11 is 0. The Morgan fingerprint density at radius 3 is 1.86 bits per heavy atom. The van der Waals surface area contributed by atoms with Crippen LogP contribution >= 0.6 is 0 Å². The maximum absolute atomic E-state index is 10.6. The van der Waals surface area contributed by atoms with Gasteiger partial charge in [-0.1, -0.05) is 64.0 Å². The number of unbranched alkanes of at least 4 members (excludes halogenated alkanes) is 8. The van der Waals surface area contributed by atoms with Crippen LogP contribution in [0.15, 0.2) is 12.2 Å². The highest BCUT2D eigenvalue weighted by Gasteiger charge is 2.50. The molecule has 0 aromatic rings. The van der Waals surface area contributed by atoms with Crippen molar-refractivity contribution < 1.29 is 54.7 Å². The molecule has 10 atom stereocenters. The average Bonchev–Trinajstić information content (AvgIpc) is 2.88. The van der Waals surface area contributed by atoms with Crippen molar-refractivity contribution in [3.05, 3.63) is 12.2 Å². The summed E-state index contributed by atoms with van der Waals surface area (Å²) in [7, 11) is 0. The van der Waals surface area contributed by atoms with Gasteiger partial charge >= 0.3 is 0 Å². The third-order valence-electron chi connectivity index (χ3n) is 6.71. The summed E-state index contributed by atoms with van der Waals surface area (Å²) in [4.78, 5) is 0. The van der Waals surface area contributed by atoms with Gasteiger partial charge in [0.2, 0.25) is 0 Å². The van der Waals surface area contributed by atoms with Crippen molar-refractivity contribution in [1.29, 1.82) is 0 Å². The van der Waals surface area contributed by atoms with Crippen molar-refractivity contribution in [3.63, 3.8) is 0 Å². The molecule has 2 aliphatic heterocycles. The molecule has 2 saturated heterocycles. The standard InChI is InChI=1S/C25H46O11/c1-2-3-4-5-6-7-8-9-10-11-12-13-33-24-22(32)20(30)23(17(15-27)35-24)36-25-21(31)19(29)18(28)16(14-26)34-25/h11-12,16-32H,2-10,13-15H2,1H3/b12-11+/t16?,17?,18-,19-,20+,21?,22?,23-,24+,25-/m0/s1. The average molecular weight is 523 g/mol. The number of allylic oxidation sites excluding steroid dienone is 1. The fraction of sp³-hybridized carbons (Fsp3) is 0.920. The van der Waals surface area contributed by atoms with Crippen molar-refractivity contribution >= 4 is 0 Å². The van der Waals surface area contributed by atoms with Gasteiger partial charge in [0.25, 0.3) is 0 Å². The van der Waals surface area contributed by atoms with Crippen LogP contribution in [0.1, 0.15) is 64.7 Å². The molecule has 11 heteroatoms. The van der Waals surface area contributed by atoms with Gasteiger partial charge in [0, 0.05) is 0 Å². The third kappa shape index (κ3) is 9.25. The summed E-state index contributed by atoms with van der Waals surface area (Å²) in [5.41, 5.74) is 0. The molecule has 212 valence electrons. The second-order valence-electron chi connectivity index (χ2n) is 9.57. The minimum Gasteiger partial charge on any atom is -0.394 e. The predicted octanol–water partition coefficient (Wildman–Crippen LogP) is -0.286. The Labute approximate surface area is 213 Å². The molecule has 4 unspecified atom stereocenters. The Bertz CT molecular complexity index is 603. The Morgan fingerprint density at radius 2 is 1.22 bits per heavy atom. The fourth-order valence-corrected chi connectivity index (χ4v) is 4.43. The molecule has 2 heterocycles. The molecule has 2 fully saturated rings. The zero-order chi connectivity index (χ0) is 26.5. The number of hydrogen-bond donors (Lipinski definition) is 7. The number of ether oxygens (including phenoxy) is 4. The number of aliphatic hydroxyl groups is 7. The van der Waals surface area contributed by atoms with E-state index >= 15 is 0 Å². The lowest BCUT2D eigenvalue weighted by Crippen LogP contribution is -2.64. The Kier molecular flexibility index (Phi) is 14.9. The molecule has 2 rings (SSSR count). The molecule has 0 bridgehead atoms. The van der Waals surface area contributed by atoms with E-state index in [4.69, 9.17) is 18.9 Å². The Morgan fingerprint density at radius 1 is 0.639 bits per heavy atom. The molecular weight excluding hydrogens is 476 g/mol. The molecular formula is C25H46O11. The SMILES string of the molecule is CCCCCCCCCC/C=C/CO[C@@H]1OC(CO)[C@H](O[C@@H]2OC(CO)[C@H](O)[C@H](O)C2O)[C@H](O)C1O. The second kappa shape index (κ2) is 17.0. The van der Waals surface area contributed by atoms with E-state index in [0.29, 0.717) is 0 Å². The van der Waals surface area contributed by atoms with Crippen LogP contribution in [-0.4, -0.2) is 117 Å². The number of aliphatic hydroxyl groups excluding tert-OH is 7. The minimum absolute atomic E-state index is 0.141. The molecule has 2 aliphatic rings. The summed E-state index contributed by atoms with van der Waals surface area (Å²) in [6, 6.07) is 0. The van der Waals surface area contributed by atoms with Crippen molar-refractivity contribution in [2.24, 2.45) is 0 Å². The van der Waals surface area contributed by atoms with Gasteiger partial charge in [0.15, 0.2) is 12.6 Å². The quantitative estimate of drug-likeness (QED) is 0.105. The zero-order valence-corrected chi connectivity index (χ0v) is 21.2. The van der Waals surface area contributed by atoms with Gasteiger partial charge in [0.05, 0.1) is 19.8 Å². The smallest absolute Gasteiger partial charge is 0.187 e. The van der Waals surface area contributed by atoms with Crippen LogP contribution in [0.3, 0.4) is 0 Å². The summed E-state index contributed by atoms with van der Waals surface area (Å²) in [6.07, 6.45) is 0.195. The van der Waals surface area contributed by atoms with E-state index in [0.717, 1.165) is 12.8 Å². The van der Waals surface area contributed by atoms with Gasteiger partial charge in [-0.15, -0.1) is 0 Å². The normalized spacial score (nSPS) is 37.6. The van der Waals surface area contributed by atoms with Crippen LogP contribution in [0.5, 0.6) is 0 Å². The third-order valence-corrected chi connectivity index (χ3v) is 6.71. The van der Waals surface area contributed by atoms with Crippen LogP contribution in [0.4, 0.5) is 0 Å². The van der Waals surface area contributed by atoms with Gasteiger partial charge in [-0.05, 0) is 12.8 Å². The number of rotatable bonds is 16. The highest BCUT2D eigenvalue weighted by atomic mass is 16.7. The van der Waals surface area contributed by atoms with E-state index < -0.39 is 74.6 Å². The predicted molar refractivity (Wildman–Crippen MR) is 129 cm³/mol. The molecule has 0 aromatic carbocycles. The summed E-state index contributed by atoms with van der Waals surface area (Å²) in [5, 5.41) is 70.1. The van der Waals surface area contributed by atoms with Gasteiger partial charge in [0.1, 0.15) is 48.8 Å². The van der Waals surface area contributed by atoms with Gasteiger partial charge < -0.3 is 54.7 Å². The summed E-state index contributed by atoms with van der Waals surface area (Å²) in [6.45, 7) is 1.11. The lowest BCUT2D eigenvalue weighted by atomic mass is 9.97. The topological polar surface area (TPSA) is 179 Å². The molecule has 7 N–H and O–H groups in total. The summed E-state index contributed by atoms with van der Waals surface area (Å²) < 4.78 is 21.9. The van der Waals surface area contributed by atoms with Crippen molar-refractivity contribution in [1.82, 2.24) is 0 Å². The van der Waals surface area contributed by atoms with Crippen molar-refractivity contribution in [3.8, 4) is 0 Å². The van der Waals surface area contributed by atoms with E-state index in [-0.39, 0.29) is 6.61 Å². The maximum atomic E-state index is 10.6. The van der Waals surface area contributed by atoms with Gasteiger partial charge in [-0.3, -0.25) is 0 Å².